The van der Waals surface area contributed by atoms with Gasteiger partial charge in [-0.1, -0.05) is 26.7 Å². The Kier molecular flexibility index (Phi) is 9.02. The zero-order valence-electron chi connectivity index (χ0n) is 13.9. The van der Waals surface area contributed by atoms with Crippen molar-refractivity contribution >= 4 is 10.4 Å². The van der Waals surface area contributed by atoms with E-state index in [1.165, 1.54) is 0 Å². The molecule has 0 unspecified atom stereocenters. The molecule has 0 aliphatic carbocycles. The number of ether oxygens (including phenoxy) is 2. The Morgan fingerprint density at radius 2 is 1.71 bits per heavy atom. The van der Waals surface area contributed by atoms with E-state index in [2.05, 4.69) is 4.18 Å². The normalized spacial score (nSPS) is 31.5. The molecule has 24 heavy (non-hydrogen) atoms. The van der Waals surface area contributed by atoms with Crippen molar-refractivity contribution in [1.82, 2.24) is 0 Å². The van der Waals surface area contributed by atoms with Crippen molar-refractivity contribution in [2.45, 2.75) is 70.2 Å². The molecule has 0 bridgehead atoms. The van der Waals surface area contributed by atoms with E-state index >= 15 is 0 Å². The number of aliphatic hydroxyl groups is 3. The van der Waals surface area contributed by atoms with Crippen molar-refractivity contribution in [2.24, 2.45) is 5.92 Å². The molecule has 0 spiro atoms. The quantitative estimate of drug-likeness (QED) is 0.385. The second-order valence-corrected chi connectivity index (χ2v) is 7.02. The fourth-order valence-electron chi connectivity index (χ4n) is 2.80. The molecule has 0 aromatic rings. The summed E-state index contributed by atoms with van der Waals surface area (Å²) in [6.45, 7) is 3.73. The Labute approximate surface area is 142 Å². The Bertz CT molecular complexity index is 449. The van der Waals surface area contributed by atoms with Gasteiger partial charge in [0.1, 0.15) is 24.4 Å². The van der Waals surface area contributed by atoms with Gasteiger partial charge < -0.3 is 24.8 Å². The van der Waals surface area contributed by atoms with E-state index < -0.39 is 47.7 Å². The zero-order chi connectivity index (χ0) is 18.3. The minimum Gasteiger partial charge on any atom is -0.394 e. The van der Waals surface area contributed by atoms with Gasteiger partial charge in [0, 0.05) is 0 Å². The minimum absolute atomic E-state index is 0.246. The van der Waals surface area contributed by atoms with E-state index in [9.17, 15) is 23.7 Å². The number of aliphatic hydroxyl groups excluding tert-OH is 3. The molecule has 0 saturated carbocycles. The van der Waals surface area contributed by atoms with Gasteiger partial charge in [-0.25, -0.2) is 4.18 Å². The monoisotopic (exact) mass is 372 g/mol. The van der Waals surface area contributed by atoms with Crippen LogP contribution in [0.3, 0.4) is 0 Å². The van der Waals surface area contributed by atoms with E-state index in [-0.39, 0.29) is 12.5 Å². The summed E-state index contributed by atoms with van der Waals surface area (Å²) in [6.07, 6.45) is -3.70. The highest BCUT2D eigenvalue weighted by molar-refractivity contribution is 7.80. The van der Waals surface area contributed by atoms with Crippen LogP contribution in [-0.2, 0) is 24.1 Å². The summed E-state index contributed by atoms with van der Waals surface area (Å²) in [5, 5.41) is 29.3. The lowest BCUT2D eigenvalue weighted by Crippen LogP contribution is -2.60. The highest BCUT2D eigenvalue weighted by Crippen LogP contribution is 2.26. The van der Waals surface area contributed by atoms with Gasteiger partial charge in [0.15, 0.2) is 6.29 Å². The third-order valence-corrected chi connectivity index (χ3v) is 4.41. The Morgan fingerprint density at radius 1 is 1.12 bits per heavy atom. The summed E-state index contributed by atoms with van der Waals surface area (Å²) in [4.78, 5) is 0. The summed E-state index contributed by atoms with van der Waals surface area (Å²) in [7, 11) is -4.91. The number of rotatable bonds is 10. The van der Waals surface area contributed by atoms with Crippen LogP contribution in [0.25, 0.3) is 0 Å². The minimum atomic E-state index is -4.91. The summed E-state index contributed by atoms with van der Waals surface area (Å²) >= 11 is 0. The molecule has 9 nitrogen and oxygen atoms in total. The van der Waals surface area contributed by atoms with Crippen molar-refractivity contribution in [2.75, 3.05) is 13.2 Å². The molecule has 0 aromatic heterocycles. The highest BCUT2D eigenvalue weighted by atomic mass is 32.3. The number of hydrogen-bond acceptors (Lipinski definition) is 8. The molecule has 1 fully saturated rings. The first-order valence-corrected chi connectivity index (χ1v) is 9.49. The van der Waals surface area contributed by atoms with E-state index in [0.29, 0.717) is 0 Å². The highest BCUT2D eigenvalue weighted by Gasteiger charge is 2.47. The van der Waals surface area contributed by atoms with Gasteiger partial charge in [-0.2, -0.15) is 8.42 Å². The van der Waals surface area contributed by atoms with E-state index in [1.54, 1.807) is 0 Å². The second-order valence-electron chi connectivity index (χ2n) is 5.97. The summed E-state index contributed by atoms with van der Waals surface area (Å²) in [5.74, 6) is 0.246. The maximum Gasteiger partial charge on any atom is 0.397 e. The van der Waals surface area contributed by atoms with Crippen molar-refractivity contribution in [1.29, 1.82) is 0 Å². The van der Waals surface area contributed by atoms with Gasteiger partial charge in [-0.3, -0.25) is 4.55 Å². The fraction of sp³-hybridized carbons (Fsp3) is 1.00. The van der Waals surface area contributed by atoms with Crippen LogP contribution >= 0.6 is 0 Å². The van der Waals surface area contributed by atoms with Gasteiger partial charge >= 0.3 is 10.4 Å². The van der Waals surface area contributed by atoms with Crippen molar-refractivity contribution < 1.29 is 41.9 Å². The van der Waals surface area contributed by atoms with Crippen LogP contribution in [0.1, 0.15) is 39.5 Å². The van der Waals surface area contributed by atoms with E-state index in [1.807, 2.05) is 13.8 Å². The van der Waals surface area contributed by atoms with Gasteiger partial charge in [0.25, 0.3) is 0 Å². The molecule has 10 heteroatoms. The topological polar surface area (TPSA) is 143 Å². The largest absolute Gasteiger partial charge is 0.397 e. The lowest BCUT2D eigenvalue weighted by Gasteiger charge is -2.41. The molecule has 0 aromatic carbocycles. The molecule has 1 aliphatic heterocycles. The van der Waals surface area contributed by atoms with E-state index in [0.717, 1.165) is 25.7 Å². The second kappa shape index (κ2) is 9.97. The average Bonchev–Trinajstić information content (AvgIpc) is 2.50. The van der Waals surface area contributed by atoms with E-state index in [4.69, 9.17) is 14.0 Å². The summed E-state index contributed by atoms with van der Waals surface area (Å²) in [5.41, 5.74) is 0. The Balaban J connectivity index is 2.78. The van der Waals surface area contributed by atoms with Crippen LogP contribution in [-0.4, -0.2) is 72.2 Å². The van der Waals surface area contributed by atoms with Crippen LogP contribution < -0.4 is 0 Å². The first-order valence-electron chi connectivity index (χ1n) is 8.13. The van der Waals surface area contributed by atoms with Crippen molar-refractivity contribution in [3.8, 4) is 0 Å². The third kappa shape index (κ3) is 6.52. The average molecular weight is 372 g/mol. The molecule has 4 N–H and O–H groups in total. The molecule has 0 amide bonds. The van der Waals surface area contributed by atoms with Gasteiger partial charge in [0.05, 0.1) is 13.2 Å². The molecular formula is C14H28O9S. The predicted octanol–water partition coefficient (Wildman–Crippen LogP) is -0.154. The van der Waals surface area contributed by atoms with Crippen LogP contribution in [0.4, 0.5) is 0 Å². The lowest BCUT2D eigenvalue weighted by atomic mass is 9.98. The van der Waals surface area contributed by atoms with Crippen LogP contribution in [0.5, 0.6) is 0 Å². The zero-order valence-corrected chi connectivity index (χ0v) is 14.8. The molecule has 144 valence electrons. The number of hydrogen-bond donors (Lipinski definition) is 4. The van der Waals surface area contributed by atoms with Gasteiger partial charge in [-0.15, -0.1) is 0 Å². The van der Waals surface area contributed by atoms with Crippen molar-refractivity contribution in [3.05, 3.63) is 0 Å². The Hall–Kier alpha value is -0.330. The first-order chi connectivity index (χ1) is 11.2. The van der Waals surface area contributed by atoms with Crippen molar-refractivity contribution in [3.63, 3.8) is 0 Å². The molecule has 1 heterocycles. The summed E-state index contributed by atoms with van der Waals surface area (Å²) in [6, 6.07) is 0. The third-order valence-electron chi connectivity index (χ3n) is 3.94. The van der Waals surface area contributed by atoms with Crippen LogP contribution in [0.2, 0.25) is 0 Å². The molecular weight excluding hydrogens is 344 g/mol. The standard InChI is InChI=1S/C14H28O9S/c1-3-5-9(6-4-2)8-21-14-12(17)13(23-24(18,19)20)11(16)10(7-15)22-14/h9-17H,3-8H2,1-2H3,(H,18,19,20)/t10-,11+,12-,13-,14+/m1/s1. The molecule has 1 rings (SSSR count). The fourth-order valence-corrected chi connectivity index (χ4v) is 3.31. The predicted molar refractivity (Wildman–Crippen MR) is 83.4 cm³/mol. The Morgan fingerprint density at radius 3 is 2.17 bits per heavy atom. The molecule has 5 atom stereocenters. The SMILES string of the molecule is CCCC(CCC)CO[C@H]1O[C@H](CO)[C@H](O)[C@@H](OS(=O)(=O)O)[C@H]1O. The smallest absolute Gasteiger partial charge is 0.394 e. The van der Waals surface area contributed by atoms with Gasteiger partial charge in [-0.05, 0) is 18.8 Å². The van der Waals surface area contributed by atoms with Crippen LogP contribution in [0.15, 0.2) is 0 Å². The summed E-state index contributed by atoms with van der Waals surface area (Å²) < 4.78 is 45.7. The lowest BCUT2D eigenvalue weighted by molar-refractivity contribution is -0.299. The molecule has 1 aliphatic rings. The maximum atomic E-state index is 10.9. The first kappa shape index (κ1) is 21.7. The molecule has 1 saturated heterocycles. The van der Waals surface area contributed by atoms with Gasteiger partial charge in [0.2, 0.25) is 0 Å². The maximum absolute atomic E-state index is 10.9. The molecule has 0 radical (unpaired) electrons. The van der Waals surface area contributed by atoms with Crippen LogP contribution in [0, 0.1) is 5.92 Å².